The molecule has 0 saturated heterocycles. The molecule has 0 aliphatic rings. The van der Waals surface area contributed by atoms with E-state index in [9.17, 15) is 19.1 Å². The highest BCUT2D eigenvalue weighted by molar-refractivity contribution is 5.77. The van der Waals surface area contributed by atoms with Gasteiger partial charge in [-0.1, -0.05) is 6.07 Å². The van der Waals surface area contributed by atoms with E-state index < -0.39 is 29.2 Å². The van der Waals surface area contributed by atoms with Crippen LogP contribution < -0.4 is 0 Å². The number of carbonyl (C=O) groups excluding carboxylic acids is 1. The summed E-state index contributed by atoms with van der Waals surface area (Å²) in [6.07, 6.45) is 0.217. The van der Waals surface area contributed by atoms with Crippen LogP contribution in [0.1, 0.15) is 32.4 Å². The highest BCUT2D eigenvalue weighted by Gasteiger charge is 2.31. The Morgan fingerprint density at radius 2 is 2.05 bits per heavy atom. The minimum absolute atomic E-state index is 0.0239. The van der Waals surface area contributed by atoms with Crippen LogP contribution in [0, 0.1) is 5.82 Å². The Morgan fingerprint density at radius 3 is 2.45 bits per heavy atom. The Labute approximate surface area is 115 Å². The second-order valence-electron chi connectivity index (χ2n) is 5.12. The average Bonchev–Trinajstić information content (AvgIpc) is 2.30. The van der Waals surface area contributed by atoms with Gasteiger partial charge in [-0.05, 0) is 38.5 Å². The number of carbonyl (C=O) groups is 2. The summed E-state index contributed by atoms with van der Waals surface area (Å²) in [5.74, 6) is -2.96. The van der Waals surface area contributed by atoms with Crippen molar-refractivity contribution in [1.82, 2.24) is 5.06 Å². The Bertz CT molecular complexity index is 512. The lowest BCUT2D eigenvalue weighted by atomic mass is 10.1. The molecule has 0 aliphatic heterocycles. The number of amides is 1. The van der Waals surface area contributed by atoms with E-state index in [4.69, 9.17) is 9.94 Å². The van der Waals surface area contributed by atoms with Crippen molar-refractivity contribution >= 4 is 12.4 Å². The van der Waals surface area contributed by atoms with Gasteiger partial charge in [0.25, 0.3) is 0 Å². The first kappa shape index (κ1) is 15.9. The molecule has 0 fully saturated rings. The lowest BCUT2D eigenvalue weighted by Crippen LogP contribution is -2.39. The minimum atomic E-state index is -1.51. The zero-order valence-electron chi connectivity index (χ0n) is 11.3. The lowest BCUT2D eigenvalue weighted by Gasteiger charge is -2.30. The van der Waals surface area contributed by atoms with Gasteiger partial charge in [-0.3, -0.25) is 9.63 Å². The smallest absolute Gasteiger partial charge is 0.333 e. The summed E-state index contributed by atoms with van der Waals surface area (Å²) in [6.45, 7) is 4.92. The molecule has 0 saturated carbocycles. The molecule has 0 bridgehead atoms. The molecular formula is C13H16FNO5. The number of rotatable bonds is 5. The van der Waals surface area contributed by atoms with Gasteiger partial charge < -0.3 is 10.2 Å². The largest absolute Gasteiger partial charge is 0.505 e. The third-order valence-electron chi connectivity index (χ3n) is 2.26. The molecule has 2 N–H and O–H groups in total. The van der Waals surface area contributed by atoms with Crippen molar-refractivity contribution in [3.05, 3.63) is 29.6 Å². The van der Waals surface area contributed by atoms with Gasteiger partial charge in [0.1, 0.15) is 0 Å². The van der Waals surface area contributed by atoms with E-state index >= 15 is 0 Å². The third kappa shape index (κ3) is 3.92. The third-order valence-corrected chi connectivity index (χ3v) is 2.26. The van der Waals surface area contributed by atoms with E-state index in [1.807, 2.05) is 0 Å². The molecule has 0 heterocycles. The first-order chi connectivity index (χ1) is 9.15. The highest BCUT2D eigenvalue weighted by Crippen LogP contribution is 2.26. The van der Waals surface area contributed by atoms with E-state index in [2.05, 4.69) is 0 Å². The van der Waals surface area contributed by atoms with E-state index in [0.29, 0.717) is 5.06 Å². The number of aliphatic carboxylic acids is 1. The summed E-state index contributed by atoms with van der Waals surface area (Å²) >= 11 is 0. The number of phenolic OH excluding ortho intramolecular Hbond substituents is 1. The van der Waals surface area contributed by atoms with Gasteiger partial charge in [0.15, 0.2) is 17.6 Å². The highest BCUT2D eigenvalue weighted by atomic mass is 19.1. The average molecular weight is 285 g/mol. The Kier molecular flexibility index (Phi) is 4.67. The van der Waals surface area contributed by atoms with E-state index in [1.54, 1.807) is 20.8 Å². The van der Waals surface area contributed by atoms with Crippen LogP contribution in [0.5, 0.6) is 5.75 Å². The number of phenols is 1. The van der Waals surface area contributed by atoms with Gasteiger partial charge >= 0.3 is 5.97 Å². The molecule has 1 rings (SSSR count). The number of hydrogen-bond donors (Lipinski definition) is 2. The Hall–Kier alpha value is -2.15. The van der Waals surface area contributed by atoms with Crippen molar-refractivity contribution in [1.29, 1.82) is 0 Å². The van der Waals surface area contributed by atoms with Gasteiger partial charge in [0, 0.05) is 0 Å². The number of carboxylic acids is 1. The second-order valence-corrected chi connectivity index (χ2v) is 5.12. The number of aromatic hydroxyl groups is 1. The fourth-order valence-corrected chi connectivity index (χ4v) is 1.54. The van der Waals surface area contributed by atoms with Crippen LogP contribution in [-0.4, -0.2) is 33.3 Å². The summed E-state index contributed by atoms with van der Waals surface area (Å²) in [5.41, 5.74) is -0.825. The molecular weight excluding hydrogens is 269 g/mol. The van der Waals surface area contributed by atoms with E-state index in [0.717, 1.165) is 12.1 Å². The number of hydroxylamine groups is 2. The second kappa shape index (κ2) is 5.87. The van der Waals surface area contributed by atoms with Crippen molar-refractivity contribution in [2.24, 2.45) is 0 Å². The van der Waals surface area contributed by atoms with Gasteiger partial charge in [-0.25, -0.2) is 14.2 Å². The molecule has 0 aliphatic carbocycles. The maximum atomic E-state index is 13.3. The van der Waals surface area contributed by atoms with Crippen molar-refractivity contribution < 1.29 is 29.0 Å². The van der Waals surface area contributed by atoms with Crippen LogP contribution in [0.4, 0.5) is 4.39 Å². The lowest BCUT2D eigenvalue weighted by molar-refractivity contribution is -0.236. The molecule has 110 valence electrons. The van der Waals surface area contributed by atoms with Crippen LogP contribution in [0.3, 0.4) is 0 Å². The normalized spacial score (nSPS) is 12.8. The summed E-state index contributed by atoms with van der Waals surface area (Å²) in [4.78, 5) is 27.6. The summed E-state index contributed by atoms with van der Waals surface area (Å²) < 4.78 is 13.3. The van der Waals surface area contributed by atoms with Crippen LogP contribution in [0.25, 0.3) is 0 Å². The number of carboxylic acid groups (broad SMARTS) is 1. The predicted octanol–water partition coefficient (Wildman–Crippen LogP) is 1.85. The van der Waals surface area contributed by atoms with E-state index in [-0.39, 0.29) is 12.0 Å². The fraction of sp³-hybridized carbons (Fsp3) is 0.385. The van der Waals surface area contributed by atoms with Gasteiger partial charge in [0.05, 0.1) is 5.60 Å². The first-order valence-electron chi connectivity index (χ1n) is 5.79. The molecule has 1 amide bonds. The molecule has 1 unspecified atom stereocenters. The SMILES string of the molecule is CC(C)(C)ON(C=O)C(C(=O)O)c1ccc(O)c(F)c1. The van der Waals surface area contributed by atoms with Crippen molar-refractivity contribution in [3.8, 4) is 5.75 Å². The summed E-state index contributed by atoms with van der Waals surface area (Å²) in [6, 6.07) is 1.55. The number of nitrogens with zero attached hydrogens (tertiary/aromatic N) is 1. The maximum Gasteiger partial charge on any atom is 0.333 e. The first-order valence-corrected chi connectivity index (χ1v) is 5.79. The molecule has 1 atom stereocenters. The number of benzene rings is 1. The van der Waals surface area contributed by atoms with Crippen LogP contribution >= 0.6 is 0 Å². The van der Waals surface area contributed by atoms with Crippen molar-refractivity contribution in [3.63, 3.8) is 0 Å². The fourth-order valence-electron chi connectivity index (χ4n) is 1.54. The topological polar surface area (TPSA) is 87.1 Å². The summed E-state index contributed by atoms with van der Waals surface area (Å²) in [7, 11) is 0. The standard InChI is InChI=1S/C13H16FNO5/c1-13(2,3)20-15(7-16)11(12(18)19)8-4-5-10(17)9(14)6-8/h4-7,11,17H,1-3H3,(H,18,19). The van der Waals surface area contributed by atoms with Crippen molar-refractivity contribution in [2.75, 3.05) is 0 Å². The Morgan fingerprint density at radius 1 is 1.45 bits per heavy atom. The minimum Gasteiger partial charge on any atom is -0.505 e. The monoisotopic (exact) mass is 285 g/mol. The van der Waals surface area contributed by atoms with Gasteiger partial charge in [0.2, 0.25) is 6.41 Å². The van der Waals surface area contributed by atoms with Crippen LogP contribution in [-0.2, 0) is 14.4 Å². The molecule has 1 aromatic rings. The number of halogens is 1. The molecule has 0 aromatic heterocycles. The predicted molar refractivity (Wildman–Crippen MR) is 67.2 cm³/mol. The van der Waals surface area contributed by atoms with Gasteiger partial charge in [-0.15, -0.1) is 0 Å². The number of hydrogen-bond acceptors (Lipinski definition) is 4. The molecule has 7 heteroatoms. The summed E-state index contributed by atoms with van der Waals surface area (Å²) in [5, 5.41) is 18.9. The molecule has 20 heavy (non-hydrogen) atoms. The van der Waals surface area contributed by atoms with Crippen LogP contribution in [0.2, 0.25) is 0 Å². The zero-order valence-corrected chi connectivity index (χ0v) is 11.3. The molecule has 1 aromatic carbocycles. The molecule has 0 radical (unpaired) electrons. The molecule has 6 nitrogen and oxygen atoms in total. The van der Waals surface area contributed by atoms with Crippen molar-refractivity contribution in [2.45, 2.75) is 32.4 Å². The quantitative estimate of drug-likeness (QED) is 0.636. The van der Waals surface area contributed by atoms with Crippen LogP contribution in [0.15, 0.2) is 18.2 Å². The van der Waals surface area contributed by atoms with E-state index in [1.165, 1.54) is 6.07 Å². The Balaban J connectivity index is 3.18. The van der Waals surface area contributed by atoms with Gasteiger partial charge in [-0.2, -0.15) is 0 Å². The zero-order chi connectivity index (χ0) is 15.5. The maximum absolute atomic E-state index is 13.3. The molecule has 0 spiro atoms.